The molecule has 0 aliphatic rings. The zero-order valence-corrected chi connectivity index (χ0v) is 13.5. The second kappa shape index (κ2) is 8.39. The SMILES string of the molecule is OC(F)C(F)(F)OC(F)(F)C(F)(F)OC(F)(F)C(F)(F)OC(F)(F)C(F)(F)OC(F)(F)F. The van der Waals surface area contributed by atoms with Gasteiger partial charge in [-0.15, -0.1) is 13.2 Å². The predicted octanol–water partition coefficient (Wildman–Crippen LogP) is 5.01. The fourth-order valence-electron chi connectivity index (χ4n) is 1.04. The summed E-state index contributed by atoms with van der Waals surface area (Å²) in [5.74, 6) is 0. The fourth-order valence-corrected chi connectivity index (χ4v) is 1.04. The van der Waals surface area contributed by atoms with Crippen LogP contribution in [0.2, 0.25) is 0 Å². The first-order valence-electron chi connectivity index (χ1n) is 6.36. The molecule has 0 rings (SSSR count). The van der Waals surface area contributed by atoms with Crippen LogP contribution in [0.3, 0.4) is 0 Å². The summed E-state index contributed by atoms with van der Waals surface area (Å²) in [6.45, 7) is 0. The summed E-state index contributed by atoms with van der Waals surface area (Å²) in [5, 5.41) is 7.66. The van der Waals surface area contributed by atoms with Gasteiger partial charge in [0.1, 0.15) is 0 Å². The molecule has 0 radical (unpaired) electrons. The standard InChI is InChI=1S/C9H2F18O5/c10-1(28)2(11,12)29-3(13,14)4(15,16)30-5(17,18)6(19,20)31-7(21,22)8(23,24)32-9(25,26)27/h1,28H. The van der Waals surface area contributed by atoms with E-state index in [1.807, 2.05) is 0 Å². The average molecular weight is 532 g/mol. The Morgan fingerprint density at radius 2 is 0.625 bits per heavy atom. The van der Waals surface area contributed by atoms with Gasteiger partial charge >= 0.3 is 49.1 Å². The van der Waals surface area contributed by atoms with E-state index < -0.39 is 55.5 Å². The Kier molecular flexibility index (Phi) is 8.01. The molecular formula is C9H2F18O5. The summed E-state index contributed by atoms with van der Waals surface area (Å²) in [6.07, 6.45) is -62.9. The first-order valence-corrected chi connectivity index (χ1v) is 6.36. The van der Waals surface area contributed by atoms with Crippen LogP contribution in [0, 0.1) is 0 Å². The van der Waals surface area contributed by atoms with Crippen LogP contribution in [0.1, 0.15) is 0 Å². The summed E-state index contributed by atoms with van der Waals surface area (Å²) in [6, 6.07) is 0. The van der Waals surface area contributed by atoms with Crippen LogP contribution in [0.25, 0.3) is 0 Å². The molecule has 32 heavy (non-hydrogen) atoms. The van der Waals surface area contributed by atoms with Crippen molar-refractivity contribution in [1.29, 1.82) is 0 Å². The highest BCUT2D eigenvalue weighted by molar-refractivity contribution is 4.79. The molecule has 0 aromatic carbocycles. The third kappa shape index (κ3) is 7.02. The molecule has 0 amide bonds. The zero-order chi connectivity index (χ0) is 26.4. The Balaban J connectivity index is 5.84. The van der Waals surface area contributed by atoms with Crippen LogP contribution in [0.15, 0.2) is 0 Å². The van der Waals surface area contributed by atoms with Crippen LogP contribution >= 0.6 is 0 Å². The zero-order valence-electron chi connectivity index (χ0n) is 13.5. The van der Waals surface area contributed by atoms with E-state index >= 15 is 0 Å². The van der Waals surface area contributed by atoms with Crippen molar-refractivity contribution in [2.45, 2.75) is 55.5 Å². The van der Waals surface area contributed by atoms with Crippen LogP contribution < -0.4 is 0 Å². The van der Waals surface area contributed by atoms with Gasteiger partial charge in [-0.1, -0.05) is 0 Å². The maximum absolute atomic E-state index is 13.0. The van der Waals surface area contributed by atoms with E-state index in [1.54, 1.807) is 4.74 Å². The molecule has 1 unspecified atom stereocenters. The van der Waals surface area contributed by atoms with E-state index in [-0.39, 0.29) is 0 Å². The molecule has 0 bridgehead atoms. The lowest BCUT2D eigenvalue weighted by molar-refractivity contribution is -0.582. The fraction of sp³-hybridized carbons (Fsp3) is 1.00. The van der Waals surface area contributed by atoms with Crippen molar-refractivity contribution in [1.82, 2.24) is 0 Å². The molecule has 23 heteroatoms. The molecule has 0 aromatic heterocycles. The van der Waals surface area contributed by atoms with Gasteiger partial charge in [0.05, 0.1) is 0 Å². The molecule has 0 aliphatic carbocycles. The number of halogens is 18. The van der Waals surface area contributed by atoms with Crippen molar-refractivity contribution >= 4 is 0 Å². The summed E-state index contributed by atoms with van der Waals surface area (Å²) in [7, 11) is 0. The lowest BCUT2D eigenvalue weighted by Crippen LogP contribution is -2.60. The highest BCUT2D eigenvalue weighted by Gasteiger charge is 2.77. The summed E-state index contributed by atoms with van der Waals surface area (Å²) in [4.78, 5) is 0. The van der Waals surface area contributed by atoms with Crippen molar-refractivity contribution in [2.24, 2.45) is 0 Å². The summed E-state index contributed by atoms with van der Waals surface area (Å²) in [5.41, 5.74) is 0. The van der Waals surface area contributed by atoms with Crippen LogP contribution in [-0.2, 0) is 18.9 Å². The molecule has 0 spiro atoms. The second-order valence-corrected chi connectivity index (χ2v) is 4.85. The minimum Gasteiger partial charge on any atom is -0.357 e. The lowest BCUT2D eigenvalue weighted by Gasteiger charge is -2.35. The normalized spacial score (nSPS) is 17.0. The van der Waals surface area contributed by atoms with E-state index in [1.165, 1.54) is 14.2 Å². The van der Waals surface area contributed by atoms with Gasteiger partial charge in [-0.3, -0.25) is 0 Å². The molecule has 0 fully saturated rings. The molecule has 0 heterocycles. The van der Waals surface area contributed by atoms with Gasteiger partial charge in [0.25, 0.3) is 6.36 Å². The van der Waals surface area contributed by atoms with Gasteiger partial charge in [0, 0.05) is 0 Å². The Labute approximate surface area is 160 Å². The third-order valence-corrected chi connectivity index (χ3v) is 2.31. The second-order valence-electron chi connectivity index (χ2n) is 4.85. The van der Waals surface area contributed by atoms with Gasteiger partial charge in [-0.25, -0.2) is 23.3 Å². The Morgan fingerprint density at radius 3 is 0.844 bits per heavy atom. The van der Waals surface area contributed by atoms with Crippen LogP contribution in [0.4, 0.5) is 79.0 Å². The molecular weight excluding hydrogens is 530 g/mol. The first kappa shape index (κ1) is 30.5. The maximum atomic E-state index is 13.0. The van der Waals surface area contributed by atoms with Gasteiger partial charge in [0.15, 0.2) is 0 Å². The van der Waals surface area contributed by atoms with E-state index in [0.717, 1.165) is 0 Å². The highest BCUT2D eigenvalue weighted by atomic mass is 19.4. The smallest absolute Gasteiger partial charge is 0.357 e. The Bertz CT molecular complexity index is 641. The van der Waals surface area contributed by atoms with Crippen molar-refractivity contribution in [3.05, 3.63) is 0 Å². The summed E-state index contributed by atoms with van der Waals surface area (Å²) < 4.78 is 231. The number of ether oxygens (including phenoxy) is 4. The van der Waals surface area contributed by atoms with Crippen molar-refractivity contribution in [3.8, 4) is 0 Å². The van der Waals surface area contributed by atoms with Crippen molar-refractivity contribution in [3.63, 3.8) is 0 Å². The van der Waals surface area contributed by atoms with Crippen molar-refractivity contribution in [2.75, 3.05) is 0 Å². The first-order chi connectivity index (χ1) is 13.5. The molecule has 0 saturated heterocycles. The van der Waals surface area contributed by atoms with Gasteiger partial charge in [-0.2, -0.15) is 61.5 Å². The Morgan fingerprint density at radius 1 is 0.406 bits per heavy atom. The number of hydrogen-bond acceptors (Lipinski definition) is 5. The predicted molar refractivity (Wildman–Crippen MR) is 52.1 cm³/mol. The molecule has 5 nitrogen and oxygen atoms in total. The quantitative estimate of drug-likeness (QED) is 0.380. The molecule has 194 valence electrons. The molecule has 1 atom stereocenters. The highest BCUT2D eigenvalue weighted by Crippen LogP contribution is 2.51. The van der Waals surface area contributed by atoms with Gasteiger partial charge < -0.3 is 5.11 Å². The number of hydrogen-bond donors (Lipinski definition) is 1. The van der Waals surface area contributed by atoms with Crippen molar-refractivity contribution < 1.29 is 103 Å². The number of aliphatic hydroxyl groups excluding tert-OH is 1. The number of rotatable bonds is 11. The summed E-state index contributed by atoms with van der Waals surface area (Å²) >= 11 is 0. The minimum atomic E-state index is -7.66. The van der Waals surface area contributed by atoms with Gasteiger partial charge in [-0.05, 0) is 0 Å². The van der Waals surface area contributed by atoms with E-state index in [0.29, 0.717) is 0 Å². The molecule has 1 N–H and O–H groups in total. The van der Waals surface area contributed by atoms with E-state index in [9.17, 15) is 79.0 Å². The number of aliphatic hydroxyl groups is 1. The maximum Gasteiger partial charge on any atom is 0.527 e. The average Bonchev–Trinajstić information content (AvgIpc) is 2.40. The topological polar surface area (TPSA) is 57.2 Å². The van der Waals surface area contributed by atoms with Crippen LogP contribution in [0.5, 0.6) is 0 Å². The van der Waals surface area contributed by atoms with Crippen LogP contribution in [-0.4, -0.2) is 60.6 Å². The Hall–Kier alpha value is -1.46. The van der Waals surface area contributed by atoms with Gasteiger partial charge in [0.2, 0.25) is 0 Å². The van der Waals surface area contributed by atoms with E-state index in [4.69, 9.17) is 5.11 Å². The largest absolute Gasteiger partial charge is 0.527 e. The minimum absolute atomic E-state index is 1.31. The molecule has 0 saturated carbocycles. The lowest BCUT2D eigenvalue weighted by atomic mass is 10.5. The van der Waals surface area contributed by atoms with E-state index in [2.05, 4.69) is 0 Å². The number of alkyl halides is 18. The molecule has 0 aliphatic heterocycles. The third-order valence-electron chi connectivity index (χ3n) is 2.31. The monoisotopic (exact) mass is 532 g/mol. The molecule has 0 aromatic rings.